The van der Waals surface area contributed by atoms with Crippen molar-refractivity contribution in [3.63, 3.8) is 0 Å². The third-order valence-electron chi connectivity index (χ3n) is 0.996. The molecule has 5 heteroatoms. The predicted octanol–water partition coefficient (Wildman–Crippen LogP) is 1.11. The summed E-state index contributed by atoms with van der Waals surface area (Å²) < 4.78 is 0. The monoisotopic (exact) mass is 258 g/mol. The van der Waals surface area contributed by atoms with E-state index in [1.807, 2.05) is 0 Å². The molecule has 0 radical (unpaired) electrons. The van der Waals surface area contributed by atoms with Gasteiger partial charge in [-0.05, 0) is 27.7 Å². The van der Waals surface area contributed by atoms with Crippen LogP contribution in [0, 0.1) is 0 Å². The van der Waals surface area contributed by atoms with Crippen molar-refractivity contribution in [1.29, 1.82) is 0 Å². The average molecular weight is 259 g/mol. The fourth-order valence-corrected chi connectivity index (χ4v) is 0.701. The van der Waals surface area contributed by atoms with Crippen LogP contribution in [-0.2, 0) is 35.7 Å². The maximum Gasteiger partial charge on any atom is 0.137 e. The van der Waals surface area contributed by atoms with E-state index in [0.29, 0.717) is 0 Å². The summed E-state index contributed by atoms with van der Waals surface area (Å²) in [7, 11) is 0. The third-order valence-corrected chi connectivity index (χ3v) is 0.996. The van der Waals surface area contributed by atoms with E-state index >= 15 is 0 Å². The van der Waals surface area contributed by atoms with Crippen LogP contribution < -0.4 is 0 Å². The summed E-state index contributed by atoms with van der Waals surface area (Å²) in [5.41, 5.74) is 0. The molecule has 90 valence electrons. The van der Waals surface area contributed by atoms with E-state index in [-0.39, 0.29) is 52.5 Å². The zero-order chi connectivity index (χ0) is 11.7. The summed E-state index contributed by atoms with van der Waals surface area (Å²) >= 11 is 0. The molecule has 0 N–H and O–H groups in total. The van der Waals surface area contributed by atoms with Crippen molar-refractivity contribution in [2.75, 3.05) is 0 Å². The van der Waals surface area contributed by atoms with Crippen LogP contribution in [0.2, 0.25) is 0 Å². The molecule has 0 heterocycles. The zero-order valence-corrected chi connectivity index (χ0v) is 10.4. The van der Waals surface area contributed by atoms with E-state index in [2.05, 4.69) is 0 Å². The Morgan fingerprint density at radius 1 is 0.600 bits per heavy atom. The van der Waals surface area contributed by atoms with Gasteiger partial charge >= 0.3 is 0 Å². The molecule has 0 aliphatic carbocycles. The van der Waals surface area contributed by atoms with Gasteiger partial charge in [-0.25, -0.2) is 0 Å². The van der Waals surface area contributed by atoms with E-state index in [9.17, 15) is 19.2 Å². The summed E-state index contributed by atoms with van der Waals surface area (Å²) in [5.74, 6) is -0.250. The van der Waals surface area contributed by atoms with E-state index < -0.39 is 0 Å². The van der Waals surface area contributed by atoms with Crippen molar-refractivity contribution in [3.05, 3.63) is 0 Å². The van der Waals surface area contributed by atoms with Gasteiger partial charge in [0.25, 0.3) is 0 Å². The van der Waals surface area contributed by atoms with Crippen molar-refractivity contribution in [2.24, 2.45) is 0 Å². The van der Waals surface area contributed by atoms with Crippen molar-refractivity contribution in [1.82, 2.24) is 0 Å². The summed E-state index contributed by atoms with van der Waals surface area (Å²) in [5, 5.41) is 0. The molecule has 0 saturated heterocycles. The van der Waals surface area contributed by atoms with Gasteiger partial charge in [-0.1, -0.05) is 0 Å². The SMILES string of the molecule is CC(=O)CC(C)=O.CC(=O)CC(C)=O.[Ni]. The van der Waals surface area contributed by atoms with E-state index in [0.717, 1.165) is 0 Å². The van der Waals surface area contributed by atoms with Gasteiger partial charge in [0.1, 0.15) is 23.1 Å². The van der Waals surface area contributed by atoms with Crippen LogP contribution >= 0.6 is 0 Å². The van der Waals surface area contributed by atoms with Crippen LogP contribution in [0.1, 0.15) is 40.5 Å². The van der Waals surface area contributed by atoms with Crippen molar-refractivity contribution >= 4 is 23.1 Å². The number of rotatable bonds is 4. The first kappa shape index (κ1) is 19.7. The standard InChI is InChI=1S/2C5H8O2.Ni/c2*1-4(6)3-5(2)7;/h2*3H2,1-2H3;. The second-order valence-corrected chi connectivity index (χ2v) is 3.16. The Kier molecular flexibility index (Phi) is 14.8. The maximum absolute atomic E-state index is 10.0. The van der Waals surface area contributed by atoms with Crippen molar-refractivity contribution in [3.8, 4) is 0 Å². The number of ketones is 4. The van der Waals surface area contributed by atoms with E-state index in [4.69, 9.17) is 0 Å². The third kappa shape index (κ3) is 32.0. The van der Waals surface area contributed by atoms with Crippen LogP contribution in [0.5, 0.6) is 0 Å². The molecule has 0 atom stereocenters. The zero-order valence-electron chi connectivity index (χ0n) is 9.36. The molecule has 0 fully saturated rings. The minimum atomic E-state index is -0.0625. The van der Waals surface area contributed by atoms with Crippen LogP contribution in [0.15, 0.2) is 0 Å². The quantitative estimate of drug-likeness (QED) is 0.560. The summed E-state index contributed by atoms with van der Waals surface area (Å²) in [6, 6.07) is 0. The first-order valence-corrected chi connectivity index (χ1v) is 4.23. The maximum atomic E-state index is 10.0. The van der Waals surface area contributed by atoms with Crippen LogP contribution in [-0.4, -0.2) is 23.1 Å². The molecule has 0 saturated carbocycles. The summed E-state index contributed by atoms with van der Waals surface area (Å²) in [6.07, 6.45) is 0.167. The van der Waals surface area contributed by atoms with Crippen LogP contribution in [0.25, 0.3) is 0 Å². The molecule has 0 aromatic heterocycles. The molecule has 0 amide bonds. The first-order chi connectivity index (χ1) is 6.25. The number of hydrogen-bond acceptors (Lipinski definition) is 4. The molecular weight excluding hydrogens is 243 g/mol. The van der Waals surface area contributed by atoms with Gasteiger partial charge in [0.05, 0.1) is 12.8 Å². The number of carbonyl (C=O) groups is 4. The van der Waals surface area contributed by atoms with Crippen molar-refractivity contribution < 1.29 is 35.7 Å². The summed E-state index contributed by atoms with van der Waals surface area (Å²) in [6.45, 7) is 5.62. The number of Topliss-reactive ketones (excluding diaryl/α,β-unsaturated/α-hetero) is 4. The smallest absolute Gasteiger partial charge is 0.137 e. The minimum Gasteiger partial charge on any atom is -0.300 e. The Hall–Kier alpha value is -0.826. The van der Waals surface area contributed by atoms with Crippen LogP contribution in [0.4, 0.5) is 0 Å². The largest absolute Gasteiger partial charge is 0.300 e. The molecule has 4 nitrogen and oxygen atoms in total. The van der Waals surface area contributed by atoms with Crippen LogP contribution in [0.3, 0.4) is 0 Å². The Bertz CT molecular complexity index is 196. The molecule has 0 aromatic carbocycles. The average Bonchev–Trinajstić information content (AvgIpc) is 1.79. The minimum absolute atomic E-state index is 0. The van der Waals surface area contributed by atoms with Gasteiger partial charge in [-0.15, -0.1) is 0 Å². The van der Waals surface area contributed by atoms with Gasteiger partial charge in [-0.3, -0.25) is 19.2 Å². The van der Waals surface area contributed by atoms with E-state index in [1.165, 1.54) is 27.7 Å². The second kappa shape index (κ2) is 11.2. The predicted molar refractivity (Wildman–Crippen MR) is 52.0 cm³/mol. The molecule has 0 aromatic rings. The van der Waals surface area contributed by atoms with E-state index in [1.54, 1.807) is 0 Å². The fourth-order valence-electron chi connectivity index (χ4n) is 0.701. The summed E-state index contributed by atoms with van der Waals surface area (Å²) in [4.78, 5) is 40.1. The Morgan fingerprint density at radius 2 is 0.733 bits per heavy atom. The number of hydrogen-bond donors (Lipinski definition) is 0. The molecule has 0 rings (SSSR count). The van der Waals surface area contributed by atoms with Gasteiger partial charge in [0.2, 0.25) is 0 Å². The van der Waals surface area contributed by atoms with Gasteiger partial charge in [0, 0.05) is 16.5 Å². The Balaban J connectivity index is -0.000000180. The van der Waals surface area contributed by atoms with Gasteiger partial charge in [-0.2, -0.15) is 0 Å². The molecular formula is C10H16NiO4. The second-order valence-electron chi connectivity index (χ2n) is 3.16. The van der Waals surface area contributed by atoms with Gasteiger partial charge in [0.15, 0.2) is 0 Å². The molecule has 0 aliphatic heterocycles. The molecule has 0 bridgehead atoms. The van der Waals surface area contributed by atoms with Gasteiger partial charge < -0.3 is 0 Å². The fraction of sp³-hybridized carbons (Fsp3) is 0.600. The van der Waals surface area contributed by atoms with Crippen molar-refractivity contribution in [2.45, 2.75) is 40.5 Å². The normalized spacial score (nSPS) is 7.73. The molecule has 0 spiro atoms. The Labute approximate surface area is 99.7 Å². The topological polar surface area (TPSA) is 68.3 Å². The molecule has 0 aliphatic rings. The molecule has 15 heavy (non-hydrogen) atoms. The molecule has 0 unspecified atom stereocenters. The first-order valence-electron chi connectivity index (χ1n) is 4.23. The number of carbonyl (C=O) groups excluding carboxylic acids is 4. The Morgan fingerprint density at radius 3 is 0.733 bits per heavy atom.